The molecule has 0 radical (unpaired) electrons. The molecule has 1 aromatic heterocycles. The van der Waals surface area contributed by atoms with E-state index < -0.39 is 70.3 Å². The van der Waals surface area contributed by atoms with Crippen molar-refractivity contribution in [1.82, 2.24) is 30.8 Å². The minimum Gasteiger partial charge on any atom is -0.504 e. The van der Waals surface area contributed by atoms with Crippen LogP contribution in [0.15, 0.2) is 62.1 Å². The first-order chi connectivity index (χ1) is 24.6. The van der Waals surface area contributed by atoms with Gasteiger partial charge in [0.25, 0.3) is 11.8 Å². The number of fused-ring (bicyclic) bond motifs is 2. The van der Waals surface area contributed by atoms with E-state index in [4.69, 9.17) is 10.6 Å². The Bertz CT molecular complexity index is 2060. The van der Waals surface area contributed by atoms with Gasteiger partial charge in [0.05, 0.1) is 11.2 Å². The van der Waals surface area contributed by atoms with Gasteiger partial charge in [-0.15, -0.1) is 40.4 Å². The second kappa shape index (κ2) is 14.0. The summed E-state index contributed by atoms with van der Waals surface area (Å²) < 4.78 is 0. The summed E-state index contributed by atoms with van der Waals surface area (Å²) in [5, 5.41) is 67.9. The molecule has 272 valence electrons. The van der Waals surface area contributed by atoms with Crippen molar-refractivity contribution in [2.24, 2.45) is 10.1 Å². The second-order valence-electron chi connectivity index (χ2n) is 11.0. The predicted octanol–water partition coefficient (Wildman–Crippen LogP) is 0.691. The van der Waals surface area contributed by atoms with Crippen molar-refractivity contribution in [2.75, 3.05) is 17.2 Å². The number of allylic oxidation sites excluding steroid dienone is 1. The molecule has 0 saturated carbocycles. The molecule has 1 aromatic carbocycles. The van der Waals surface area contributed by atoms with E-state index in [9.17, 15) is 54.6 Å². The van der Waals surface area contributed by atoms with Gasteiger partial charge < -0.3 is 46.5 Å². The van der Waals surface area contributed by atoms with E-state index in [1.165, 1.54) is 40.1 Å². The number of hydrogen-bond acceptors (Lipinski definition) is 18. The van der Waals surface area contributed by atoms with Crippen LogP contribution in [0.2, 0.25) is 0 Å². The fraction of sp³-hybridized carbons (Fsp3) is 0.214. The highest BCUT2D eigenvalue weighted by atomic mass is 32.2. The number of nitrogen functional groups attached to an aromatic ring is 1. The van der Waals surface area contributed by atoms with Gasteiger partial charge in [-0.05, 0) is 30.7 Å². The van der Waals surface area contributed by atoms with Crippen LogP contribution in [-0.2, 0) is 24.0 Å². The van der Waals surface area contributed by atoms with Gasteiger partial charge in [-0.1, -0.05) is 5.16 Å². The van der Waals surface area contributed by atoms with Crippen LogP contribution in [0.1, 0.15) is 24.3 Å². The molecule has 0 spiro atoms. The number of aliphatic carboxylic acids is 2. The van der Waals surface area contributed by atoms with Gasteiger partial charge in [-0.3, -0.25) is 14.5 Å². The van der Waals surface area contributed by atoms with Gasteiger partial charge >= 0.3 is 18.0 Å². The van der Waals surface area contributed by atoms with Gasteiger partial charge in [-0.2, -0.15) is 5.01 Å². The number of anilines is 1. The van der Waals surface area contributed by atoms with Crippen LogP contribution in [0.3, 0.4) is 0 Å². The quantitative estimate of drug-likeness (QED) is 0.0656. The topological polar surface area (TPSA) is 313 Å². The number of carboxylic acids is 2. The molecule has 0 bridgehead atoms. The lowest BCUT2D eigenvalue weighted by molar-refractivity contribution is -0.151. The zero-order valence-corrected chi connectivity index (χ0v) is 28.6. The SMILES string of the molecule is CC1=NC2=CN(C(=O)O)NN2C(SCC2=C(C(=O)O)N3C(=O)[C@@H](NC(=O)/C(=N\O[C@H](C(=O)O)c4cc(O)c(O)c(O)c4)c4csc(N)n4)[C@H]3SC2)=C1. The highest BCUT2D eigenvalue weighted by molar-refractivity contribution is 8.03. The van der Waals surface area contributed by atoms with Crippen molar-refractivity contribution < 1.29 is 59.4 Å². The minimum absolute atomic E-state index is 0.00689. The molecular formula is C28H25N9O12S3. The average Bonchev–Trinajstić information content (AvgIpc) is 3.72. The number of carbonyl (C=O) groups is 5. The third-order valence-corrected chi connectivity index (χ3v) is 10.6. The van der Waals surface area contributed by atoms with Crippen molar-refractivity contribution in [3.05, 3.63) is 63.2 Å². The monoisotopic (exact) mass is 775 g/mol. The zero-order valence-electron chi connectivity index (χ0n) is 26.2. The maximum atomic E-state index is 13.5. The van der Waals surface area contributed by atoms with Gasteiger partial charge in [-0.25, -0.2) is 29.4 Å². The number of nitrogens with two attached hydrogens (primary N) is 1. The number of carbonyl (C=O) groups excluding carboxylic acids is 2. The number of thioether (sulfide) groups is 2. The van der Waals surface area contributed by atoms with Crippen molar-refractivity contribution in [1.29, 1.82) is 0 Å². The lowest BCUT2D eigenvalue weighted by Crippen LogP contribution is -2.71. The second-order valence-corrected chi connectivity index (χ2v) is 14.0. The van der Waals surface area contributed by atoms with Crippen LogP contribution in [0.25, 0.3) is 0 Å². The number of carboxylic acid groups (broad SMARTS) is 3. The van der Waals surface area contributed by atoms with Crippen LogP contribution in [0.4, 0.5) is 9.93 Å². The molecule has 2 aromatic rings. The first-order valence-electron chi connectivity index (χ1n) is 14.5. The number of nitrogens with one attached hydrogen (secondary N) is 2. The van der Waals surface area contributed by atoms with Crippen molar-refractivity contribution in [3.63, 3.8) is 0 Å². The fourth-order valence-corrected chi connectivity index (χ4v) is 8.26. The maximum Gasteiger partial charge on any atom is 0.427 e. The third kappa shape index (κ3) is 6.73. The molecule has 1 saturated heterocycles. The largest absolute Gasteiger partial charge is 0.504 e. The highest BCUT2D eigenvalue weighted by Crippen LogP contribution is 2.43. The maximum absolute atomic E-state index is 13.5. The van der Waals surface area contributed by atoms with Crippen LogP contribution in [-0.4, -0.2) is 115 Å². The summed E-state index contributed by atoms with van der Waals surface area (Å²) in [5.41, 5.74) is 7.95. The Kier molecular flexibility index (Phi) is 9.63. The number of nitrogens with zero attached hydrogens (tertiary/aromatic N) is 6. The van der Waals surface area contributed by atoms with Crippen molar-refractivity contribution >= 4 is 81.3 Å². The number of aromatic hydroxyl groups is 3. The Morgan fingerprint density at radius 1 is 1.19 bits per heavy atom. The number of phenols is 3. The molecule has 1 fully saturated rings. The Hall–Kier alpha value is -5.98. The van der Waals surface area contributed by atoms with E-state index in [-0.39, 0.29) is 33.6 Å². The molecule has 24 heteroatoms. The van der Waals surface area contributed by atoms with E-state index in [1.807, 2.05) is 0 Å². The smallest absolute Gasteiger partial charge is 0.427 e. The van der Waals surface area contributed by atoms with E-state index in [1.54, 1.807) is 13.0 Å². The van der Waals surface area contributed by atoms with Crippen molar-refractivity contribution in [3.8, 4) is 17.2 Å². The number of phenolic OH excluding ortho intramolecular Hbond substituents is 3. The number of hydrogen-bond donors (Lipinski definition) is 9. The van der Waals surface area contributed by atoms with Crippen LogP contribution in [0, 0.1) is 0 Å². The lowest BCUT2D eigenvalue weighted by atomic mass is 10.0. The van der Waals surface area contributed by atoms with E-state index >= 15 is 0 Å². The van der Waals surface area contributed by atoms with Gasteiger partial charge in [0.15, 0.2) is 33.9 Å². The molecule has 0 aliphatic carbocycles. The number of oxime groups is 1. The molecule has 52 heavy (non-hydrogen) atoms. The summed E-state index contributed by atoms with van der Waals surface area (Å²) in [6.45, 7) is 1.71. The zero-order chi connectivity index (χ0) is 37.6. The molecule has 4 aliphatic heterocycles. The molecule has 3 amide bonds. The standard InChI is InChI=1S/C28H25N9O12S3/c1-9-2-16(37-15(30-9)5-35(34-37)28(47)48)50-6-11-7-51-24-18(23(42)36(24)19(11)25(43)44)32-22(41)17(12-8-52-27(29)31-12)33-49-21(26(45)46)10-3-13(38)20(40)14(39)4-10/h2-5,8,18,21,24,34,38-40H,6-7H2,1H3,(H2,29,31)(H,32,41)(H,43,44)(H,45,46)(H,47,48)/b33-17-/t18-,21+,24-/m1/s1. The number of aromatic nitrogens is 1. The summed E-state index contributed by atoms with van der Waals surface area (Å²) in [4.78, 5) is 77.4. The average molecular weight is 776 g/mol. The lowest BCUT2D eigenvalue weighted by Gasteiger charge is -2.49. The molecule has 6 rings (SSSR count). The van der Waals surface area contributed by atoms with Gasteiger partial charge in [0.1, 0.15) is 22.8 Å². The number of thiazole rings is 1. The van der Waals surface area contributed by atoms with Crippen LogP contribution < -0.4 is 16.6 Å². The minimum atomic E-state index is -2.01. The van der Waals surface area contributed by atoms with Crippen LogP contribution in [0.5, 0.6) is 17.2 Å². The number of β-lactam (4-membered cyclic amide) rings is 1. The summed E-state index contributed by atoms with van der Waals surface area (Å²) in [7, 11) is 0. The Morgan fingerprint density at radius 3 is 2.52 bits per heavy atom. The molecule has 4 aliphatic rings. The summed E-state index contributed by atoms with van der Waals surface area (Å²) in [6, 6.07) is 0.364. The first-order valence-corrected chi connectivity index (χ1v) is 17.4. The summed E-state index contributed by atoms with van der Waals surface area (Å²) in [6.07, 6.45) is -0.328. The van der Waals surface area contributed by atoms with Gasteiger partial charge in [0, 0.05) is 28.2 Å². The first kappa shape index (κ1) is 35.8. The number of hydrazine groups is 2. The Morgan fingerprint density at radius 2 is 1.90 bits per heavy atom. The summed E-state index contributed by atoms with van der Waals surface area (Å²) >= 11 is 3.28. The van der Waals surface area contributed by atoms with Gasteiger partial charge in [0.2, 0.25) is 6.10 Å². The van der Waals surface area contributed by atoms with E-state index in [0.717, 1.165) is 33.4 Å². The predicted molar refractivity (Wildman–Crippen MR) is 182 cm³/mol. The highest BCUT2D eigenvalue weighted by Gasteiger charge is 2.54. The van der Waals surface area contributed by atoms with E-state index in [2.05, 4.69) is 26.0 Å². The molecule has 21 nitrogen and oxygen atoms in total. The molecular weight excluding hydrogens is 751 g/mol. The fourth-order valence-electron chi connectivity index (χ4n) is 5.16. The van der Waals surface area contributed by atoms with E-state index in [0.29, 0.717) is 22.1 Å². The number of rotatable bonds is 11. The number of aliphatic imine (C=N–C) groups is 1. The Balaban J connectivity index is 1.19. The Labute approximate surface area is 303 Å². The molecule has 5 heterocycles. The number of benzene rings is 1. The molecule has 0 unspecified atom stereocenters. The normalized spacial score (nSPS) is 20.2. The number of amides is 3. The summed E-state index contributed by atoms with van der Waals surface area (Å²) in [5.74, 6) is -6.92. The molecule has 10 N–H and O–H groups in total. The third-order valence-electron chi connectivity index (χ3n) is 7.51. The van der Waals surface area contributed by atoms with Crippen LogP contribution >= 0.6 is 34.9 Å². The molecule has 3 atom stereocenters. The van der Waals surface area contributed by atoms with Crippen molar-refractivity contribution in [2.45, 2.75) is 24.4 Å².